The van der Waals surface area contributed by atoms with Crippen LogP contribution in [-0.2, 0) is 0 Å². The lowest BCUT2D eigenvalue weighted by Gasteiger charge is -1.96. The van der Waals surface area contributed by atoms with E-state index in [1.54, 1.807) is 0 Å². The molecule has 17 heavy (non-hydrogen) atoms. The Morgan fingerprint density at radius 2 is 1.88 bits per heavy atom. The van der Waals surface area contributed by atoms with Crippen LogP contribution in [0, 0.1) is 0 Å². The third-order valence-corrected chi connectivity index (χ3v) is 4.85. The van der Waals surface area contributed by atoms with Gasteiger partial charge in [-0.1, -0.05) is 49.6 Å². The highest BCUT2D eigenvalue weighted by Gasteiger charge is 2.01. The monoisotopic (exact) mass is 370 g/mol. The van der Waals surface area contributed by atoms with E-state index in [2.05, 4.69) is 81.3 Å². The third-order valence-electron chi connectivity index (χ3n) is 2.35. The van der Waals surface area contributed by atoms with Crippen molar-refractivity contribution in [2.45, 2.75) is 6.92 Å². The standard InChI is InChI=1S/C14H12Br2S/c1-10(9-15)8-13-6-7-14(17-13)11-2-4-12(16)5-3-11/h2-8H,9H2,1H3. The lowest BCUT2D eigenvalue weighted by atomic mass is 10.2. The molecule has 0 aliphatic rings. The molecule has 0 saturated carbocycles. The molecule has 0 fully saturated rings. The summed E-state index contributed by atoms with van der Waals surface area (Å²) in [7, 11) is 0. The molecular formula is C14H12Br2S. The maximum atomic E-state index is 3.46. The predicted octanol–water partition coefficient (Wildman–Crippen LogP) is 5.98. The second-order valence-electron chi connectivity index (χ2n) is 3.83. The molecule has 2 aromatic rings. The Morgan fingerprint density at radius 3 is 2.53 bits per heavy atom. The molecule has 3 heteroatoms. The highest BCUT2D eigenvalue weighted by molar-refractivity contribution is 9.10. The van der Waals surface area contributed by atoms with Gasteiger partial charge < -0.3 is 0 Å². The van der Waals surface area contributed by atoms with Crippen LogP contribution in [0.15, 0.2) is 46.4 Å². The number of rotatable bonds is 3. The number of allylic oxidation sites excluding steroid dienone is 1. The molecule has 0 radical (unpaired) electrons. The first kappa shape index (κ1) is 13.1. The molecule has 0 N–H and O–H groups in total. The quantitative estimate of drug-likeness (QED) is 0.582. The zero-order chi connectivity index (χ0) is 12.3. The van der Waals surface area contributed by atoms with Gasteiger partial charge in [0.25, 0.3) is 0 Å². The summed E-state index contributed by atoms with van der Waals surface area (Å²) in [6.45, 7) is 2.13. The van der Waals surface area contributed by atoms with Crippen molar-refractivity contribution >= 4 is 49.3 Å². The van der Waals surface area contributed by atoms with Crippen molar-refractivity contribution in [3.63, 3.8) is 0 Å². The van der Waals surface area contributed by atoms with Crippen molar-refractivity contribution in [1.82, 2.24) is 0 Å². The Labute approximate surface area is 123 Å². The molecule has 0 saturated heterocycles. The summed E-state index contributed by atoms with van der Waals surface area (Å²) >= 11 is 8.74. The van der Waals surface area contributed by atoms with Gasteiger partial charge in [0, 0.05) is 19.6 Å². The maximum absolute atomic E-state index is 3.46. The summed E-state index contributed by atoms with van der Waals surface area (Å²) in [6.07, 6.45) is 2.22. The Balaban J connectivity index is 2.27. The van der Waals surface area contributed by atoms with Crippen LogP contribution < -0.4 is 0 Å². The van der Waals surface area contributed by atoms with Crippen LogP contribution in [-0.4, -0.2) is 5.33 Å². The summed E-state index contributed by atoms with van der Waals surface area (Å²) in [5, 5.41) is 0.929. The normalized spacial score (nSPS) is 11.8. The average Bonchev–Trinajstić information content (AvgIpc) is 2.78. The van der Waals surface area contributed by atoms with Gasteiger partial charge in [-0.2, -0.15) is 0 Å². The number of halogens is 2. The minimum Gasteiger partial charge on any atom is -0.136 e. The first-order valence-corrected chi connectivity index (χ1v) is 8.01. The molecule has 0 aliphatic heterocycles. The lowest BCUT2D eigenvalue weighted by Crippen LogP contribution is -1.73. The first-order chi connectivity index (χ1) is 8.19. The molecular weight excluding hydrogens is 360 g/mol. The molecule has 0 atom stereocenters. The zero-order valence-electron chi connectivity index (χ0n) is 9.41. The highest BCUT2D eigenvalue weighted by Crippen LogP contribution is 2.30. The van der Waals surface area contributed by atoms with Crippen molar-refractivity contribution in [2.24, 2.45) is 0 Å². The van der Waals surface area contributed by atoms with Crippen molar-refractivity contribution in [1.29, 1.82) is 0 Å². The maximum Gasteiger partial charge on any atom is 0.0349 e. The van der Waals surface area contributed by atoms with E-state index in [1.165, 1.54) is 20.9 Å². The number of alkyl halides is 1. The topological polar surface area (TPSA) is 0 Å². The van der Waals surface area contributed by atoms with Crippen LogP contribution in [0.2, 0.25) is 0 Å². The van der Waals surface area contributed by atoms with Gasteiger partial charge in [0.1, 0.15) is 0 Å². The fourth-order valence-corrected chi connectivity index (χ4v) is 2.95. The molecule has 0 nitrogen and oxygen atoms in total. The molecule has 1 aromatic heterocycles. The van der Waals surface area contributed by atoms with E-state index in [0.717, 1.165) is 9.80 Å². The minimum atomic E-state index is 0.929. The van der Waals surface area contributed by atoms with Gasteiger partial charge in [-0.15, -0.1) is 11.3 Å². The van der Waals surface area contributed by atoms with Gasteiger partial charge in [0.15, 0.2) is 0 Å². The van der Waals surface area contributed by atoms with E-state index < -0.39 is 0 Å². The van der Waals surface area contributed by atoms with Gasteiger partial charge in [0.05, 0.1) is 0 Å². The summed E-state index contributed by atoms with van der Waals surface area (Å²) < 4.78 is 1.12. The molecule has 1 aromatic carbocycles. The molecule has 0 bridgehead atoms. The SMILES string of the molecule is CC(=Cc1ccc(-c2ccc(Br)cc2)s1)CBr. The molecule has 0 aliphatic carbocycles. The van der Waals surface area contributed by atoms with Crippen molar-refractivity contribution in [3.8, 4) is 10.4 Å². The number of hydrogen-bond acceptors (Lipinski definition) is 1. The van der Waals surface area contributed by atoms with Crippen molar-refractivity contribution in [2.75, 3.05) is 5.33 Å². The molecule has 2 rings (SSSR count). The average molecular weight is 372 g/mol. The van der Waals surface area contributed by atoms with Gasteiger partial charge in [-0.3, -0.25) is 0 Å². The smallest absolute Gasteiger partial charge is 0.0349 e. The largest absolute Gasteiger partial charge is 0.136 e. The van der Waals surface area contributed by atoms with Crippen molar-refractivity contribution in [3.05, 3.63) is 51.3 Å². The first-order valence-electron chi connectivity index (χ1n) is 5.28. The van der Waals surface area contributed by atoms with Crippen LogP contribution in [0.3, 0.4) is 0 Å². The van der Waals surface area contributed by atoms with Crippen LogP contribution in [0.5, 0.6) is 0 Å². The number of benzene rings is 1. The number of hydrogen-bond donors (Lipinski definition) is 0. The Hall–Kier alpha value is -0.380. The second kappa shape index (κ2) is 5.98. The predicted molar refractivity (Wildman–Crippen MR) is 84.9 cm³/mol. The highest BCUT2D eigenvalue weighted by atomic mass is 79.9. The van der Waals surface area contributed by atoms with Gasteiger partial charge >= 0.3 is 0 Å². The van der Waals surface area contributed by atoms with E-state index >= 15 is 0 Å². The van der Waals surface area contributed by atoms with E-state index in [9.17, 15) is 0 Å². The van der Waals surface area contributed by atoms with Gasteiger partial charge in [-0.05, 0) is 42.8 Å². The molecule has 0 amide bonds. The van der Waals surface area contributed by atoms with Crippen LogP contribution >= 0.6 is 43.2 Å². The van der Waals surface area contributed by atoms with E-state index in [4.69, 9.17) is 0 Å². The molecule has 0 spiro atoms. The van der Waals surface area contributed by atoms with E-state index in [0.29, 0.717) is 0 Å². The van der Waals surface area contributed by atoms with Crippen molar-refractivity contribution < 1.29 is 0 Å². The number of thiophene rings is 1. The van der Waals surface area contributed by atoms with Gasteiger partial charge in [0.2, 0.25) is 0 Å². The molecule has 88 valence electrons. The van der Waals surface area contributed by atoms with E-state index in [1.807, 2.05) is 11.3 Å². The summed E-state index contributed by atoms with van der Waals surface area (Å²) in [5.41, 5.74) is 2.61. The van der Waals surface area contributed by atoms with Gasteiger partial charge in [-0.25, -0.2) is 0 Å². The second-order valence-corrected chi connectivity index (χ2v) is 6.42. The van der Waals surface area contributed by atoms with Crippen LogP contribution in [0.4, 0.5) is 0 Å². The molecule has 1 heterocycles. The van der Waals surface area contributed by atoms with E-state index in [-0.39, 0.29) is 0 Å². The van der Waals surface area contributed by atoms with Crippen LogP contribution in [0.25, 0.3) is 16.5 Å². The summed E-state index contributed by atoms with van der Waals surface area (Å²) in [6, 6.07) is 12.8. The minimum absolute atomic E-state index is 0.929. The Kier molecular flexibility index (Phi) is 4.60. The summed E-state index contributed by atoms with van der Waals surface area (Å²) in [5.74, 6) is 0. The Morgan fingerprint density at radius 1 is 1.18 bits per heavy atom. The third kappa shape index (κ3) is 3.54. The van der Waals surface area contributed by atoms with Crippen LogP contribution in [0.1, 0.15) is 11.8 Å². The Bertz CT molecular complexity index is 523. The zero-order valence-corrected chi connectivity index (χ0v) is 13.4. The lowest BCUT2D eigenvalue weighted by molar-refractivity contribution is 1.46. The fraction of sp³-hybridized carbons (Fsp3) is 0.143. The fourth-order valence-electron chi connectivity index (χ4n) is 1.48. The molecule has 0 unspecified atom stereocenters. The summed E-state index contributed by atoms with van der Waals surface area (Å²) in [4.78, 5) is 2.62.